The molecule has 0 aliphatic carbocycles. The van der Waals surface area contributed by atoms with E-state index in [4.69, 9.17) is 11.6 Å². The maximum Gasteiger partial charge on any atom is 0.257 e. The summed E-state index contributed by atoms with van der Waals surface area (Å²) in [6.07, 6.45) is 2.12. The number of nitrogens with zero attached hydrogens (tertiary/aromatic N) is 2. The highest BCUT2D eigenvalue weighted by atomic mass is 35.5. The van der Waals surface area contributed by atoms with Crippen LogP contribution < -0.4 is 0 Å². The smallest absolute Gasteiger partial charge is 0.257 e. The Labute approximate surface area is 111 Å². The topological polar surface area (TPSA) is 33.2 Å². The molecule has 1 saturated heterocycles. The summed E-state index contributed by atoms with van der Waals surface area (Å²) in [6, 6.07) is 1.15. The zero-order valence-corrected chi connectivity index (χ0v) is 11.2. The number of amides is 1. The van der Waals surface area contributed by atoms with Crippen molar-refractivity contribution in [2.24, 2.45) is 11.8 Å². The second kappa shape index (κ2) is 5.22. The molecule has 1 fully saturated rings. The van der Waals surface area contributed by atoms with Gasteiger partial charge in [-0.25, -0.2) is 9.37 Å². The molecule has 2 atom stereocenters. The number of hydrogen-bond acceptors (Lipinski definition) is 2. The summed E-state index contributed by atoms with van der Waals surface area (Å²) in [5.41, 5.74) is 0.151. The van der Waals surface area contributed by atoms with Gasteiger partial charge in [0, 0.05) is 13.1 Å². The van der Waals surface area contributed by atoms with Crippen LogP contribution in [-0.2, 0) is 0 Å². The number of aromatic nitrogens is 1. The third kappa shape index (κ3) is 2.80. The molecule has 0 radical (unpaired) electrons. The maximum absolute atomic E-state index is 13.1. The van der Waals surface area contributed by atoms with Crippen LogP contribution in [0.15, 0.2) is 12.3 Å². The van der Waals surface area contributed by atoms with Crippen LogP contribution in [0.5, 0.6) is 0 Å². The minimum atomic E-state index is -0.541. The quantitative estimate of drug-likeness (QED) is 0.735. The van der Waals surface area contributed by atoms with E-state index in [1.807, 2.05) is 0 Å². The van der Waals surface area contributed by atoms with Gasteiger partial charge in [0.25, 0.3) is 5.91 Å². The lowest BCUT2D eigenvalue weighted by Gasteiger charge is -2.35. The zero-order chi connectivity index (χ0) is 13.3. The Hall–Kier alpha value is -1.16. The highest BCUT2D eigenvalue weighted by molar-refractivity contribution is 6.32. The lowest BCUT2D eigenvalue weighted by atomic mass is 9.91. The van der Waals surface area contributed by atoms with Crippen molar-refractivity contribution in [2.45, 2.75) is 20.3 Å². The summed E-state index contributed by atoms with van der Waals surface area (Å²) < 4.78 is 13.1. The number of hydrogen-bond donors (Lipinski definition) is 0. The van der Waals surface area contributed by atoms with Gasteiger partial charge in [-0.3, -0.25) is 4.79 Å². The average Bonchev–Trinajstić information content (AvgIpc) is 2.30. The second-order valence-electron chi connectivity index (χ2n) is 5.15. The van der Waals surface area contributed by atoms with Crippen molar-refractivity contribution in [3.05, 3.63) is 28.8 Å². The monoisotopic (exact) mass is 270 g/mol. The van der Waals surface area contributed by atoms with Gasteiger partial charge in [-0.1, -0.05) is 25.4 Å². The molecule has 5 heteroatoms. The first-order valence-electron chi connectivity index (χ1n) is 6.07. The van der Waals surface area contributed by atoms with Crippen molar-refractivity contribution < 1.29 is 9.18 Å². The van der Waals surface area contributed by atoms with Crippen LogP contribution in [0.25, 0.3) is 0 Å². The fraction of sp³-hybridized carbons (Fsp3) is 0.538. The summed E-state index contributed by atoms with van der Waals surface area (Å²) in [5.74, 6) is 0.141. The molecule has 98 valence electrons. The number of likely N-dealkylation sites (tertiary alicyclic amines) is 1. The Bertz CT molecular complexity index is 456. The molecule has 1 aromatic rings. The Morgan fingerprint density at radius 1 is 1.44 bits per heavy atom. The molecular formula is C13H16ClFN2O. The number of piperidine rings is 1. The van der Waals surface area contributed by atoms with Crippen molar-refractivity contribution in [2.75, 3.05) is 13.1 Å². The van der Waals surface area contributed by atoms with Gasteiger partial charge in [-0.2, -0.15) is 0 Å². The summed E-state index contributed by atoms with van der Waals surface area (Å²) in [5, 5.41) is 0.0623. The van der Waals surface area contributed by atoms with Gasteiger partial charge in [0.05, 0.1) is 11.8 Å². The molecule has 0 N–H and O–H groups in total. The first-order chi connectivity index (χ1) is 8.47. The summed E-state index contributed by atoms with van der Waals surface area (Å²) in [6.45, 7) is 5.61. The number of carbonyl (C=O) groups is 1. The van der Waals surface area contributed by atoms with Gasteiger partial charge in [0.15, 0.2) is 0 Å². The summed E-state index contributed by atoms with van der Waals surface area (Å²) in [7, 11) is 0. The molecule has 1 aliphatic heterocycles. The molecule has 3 nitrogen and oxygen atoms in total. The molecule has 0 saturated carbocycles. The lowest BCUT2D eigenvalue weighted by Crippen LogP contribution is -2.42. The molecule has 2 unspecified atom stereocenters. The number of pyridine rings is 1. The van der Waals surface area contributed by atoms with Crippen LogP contribution in [0, 0.1) is 17.7 Å². The van der Waals surface area contributed by atoms with Crippen molar-refractivity contribution >= 4 is 17.5 Å². The van der Waals surface area contributed by atoms with Gasteiger partial charge in [0.2, 0.25) is 0 Å². The van der Waals surface area contributed by atoms with E-state index in [0.717, 1.165) is 18.7 Å². The average molecular weight is 271 g/mol. The number of carbonyl (C=O) groups excluding carboxylic acids is 1. The first-order valence-corrected chi connectivity index (χ1v) is 6.45. The molecule has 18 heavy (non-hydrogen) atoms. The predicted octanol–water partition coefficient (Wildman–Crippen LogP) is 2.99. The molecule has 0 aromatic carbocycles. The van der Waals surface area contributed by atoms with E-state index in [2.05, 4.69) is 18.8 Å². The highest BCUT2D eigenvalue weighted by Gasteiger charge is 2.27. The minimum Gasteiger partial charge on any atom is -0.338 e. The molecule has 0 spiro atoms. The predicted molar refractivity (Wildman–Crippen MR) is 68.1 cm³/mol. The second-order valence-corrected chi connectivity index (χ2v) is 5.51. The summed E-state index contributed by atoms with van der Waals surface area (Å²) >= 11 is 5.86. The van der Waals surface area contributed by atoms with Crippen LogP contribution in [0.3, 0.4) is 0 Å². The van der Waals surface area contributed by atoms with Crippen LogP contribution >= 0.6 is 11.6 Å². The van der Waals surface area contributed by atoms with Gasteiger partial charge >= 0.3 is 0 Å². The van der Waals surface area contributed by atoms with E-state index in [1.165, 1.54) is 0 Å². The van der Waals surface area contributed by atoms with Crippen molar-refractivity contribution in [1.82, 2.24) is 9.88 Å². The van der Waals surface area contributed by atoms with Crippen LogP contribution in [-0.4, -0.2) is 28.9 Å². The van der Waals surface area contributed by atoms with Gasteiger partial charge < -0.3 is 4.90 Å². The van der Waals surface area contributed by atoms with Gasteiger partial charge in [-0.05, 0) is 24.3 Å². The van der Waals surface area contributed by atoms with Crippen molar-refractivity contribution in [3.8, 4) is 0 Å². The first kappa shape index (κ1) is 13.3. The lowest BCUT2D eigenvalue weighted by molar-refractivity contribution is 0.0622. The third-order valence-electron chi connectivity index (χ3n) is 3.19. The summed E-state index contributed by atoms with van der Waals surface area (Å²) in [4.78, 5) is 17.7. The van der Waals surface area contributed by atoms with E-state index in [0.29, 0.717) is 24.9 Å². The SMILES string of the molecule is CC1CC(C)CN(C(=O)c2cc(F)cnc2Cl)C1. The fourth-order valence-electron chi connectivity index (χ4n) is 2.57. The Balaban J connectivity index is 2.22. The Morgan fingerprint density at radius 3 is 2.67 bits per heavy atom. The van der Waals surface area contributed by atoms with Gasteiger partial charge in [-0.15, -0.1) is 0 Å². The molecule has 1 amide bonds. The fourth-order valence-corrected chi connectivity index (χ4v) is 2.76. The zero-order valence-electron chi connectivity index (χ0n) is 10.5. The van der Waals surface area contributed by atoms with E-state index in [9.17, 15) is 9.18 Å². The highest BCUT2D eigenvalue weighted by Crippen LogP contribution is 2.24. The molecule has 2 heterocycles. The standard InChI is InChI=1S/C13H16ClFN2O/c1-8-3-9(2)7-17(6-8)13(18)11-4-10(15)5-16-12(11)14/h4-5,8-9H,3,6-7H2,1-2H3. The van der Waals surface area contributed by atoms with Gasteiger partial charge in [0.1, 0.15) is 11.0 Å². The minimum absolute atomic E-state index is 0.0623. The van der Waals surface area contributed by atoms with E-state index >= 15 is 0 Å². The van der Waals surface area contributed by atoms with Crippen LogP contribution in [0.1, 0.15) is 30.6 Å². The molecule has 1 aromatic heterocycles. The largest absolute Gasteiger partial charge is 0.338 e. The van der Waals surface area contributed by atoms with Crippen LogP contribution in [0.2, 0.25) is 5.15 Å². The Morgan fingerprint density at radius 2 is 2.06 bits per heavy atom. The third-order valence-corrected chi connectivity index (χ3v) is 3.49. The normalized spacial score (nSPS) is 24.1. The Kier molecular flexibility index (Phi) is 3.85. The maximum atomic E-state index is 13.1. The molecule has 1 aliphatic rings. The van der Waals surface area contributed by atoms with Crippen molar-refractivity contribution in [3.63, 3.8) is 0 Å². The van der Waals surface area contributed by atoms with E-state index in [-0.39, 0.29) is 16.6 Å². The van der Waals surface area contributed by atoms with Crippen molar-refractivity contribution in [1.29, 1.82) is 0 Å². The van der Waals surface area contributed by atoms with E-state index < -0.39 is 5.82 Å². The van der Waals surface area contributed by atoms with E-state index in [1.54, 1.807) is 4.90 Å². The van der Waals surface area contributed by atoms with Crippen LogP contribution in [0.4, 0.5) is 4.39 Å². The molecule has 0 bridgehead atoms. The molecule has 2 rings (SSSR count). The molecular weight excluding hydrogens is 255 g/mol. The number of rotatable bonds is 1. The number of halogens is 2.